The van der Waals surface area contributed by atoms with Crippen molar-refractivity contribution >= 4 is 22.9 Å². The first-order chi connectivity index (χ1) is 9.13. The number of hydrogen-bond acceptors (Lipinski definition) is 2. The van der Waals surface area contributed by atoms with Crippen LogP contribution in [0.1, 0.15) is 29.0 Å². The summed E-state index contributed by atoms with van der Waals surface area (Å²) in [7, 11) is 0. The van der Waals surface area contributed by atoms with Gasteiger partial charge in [-0.1, -0.05) is 30.7 Å². The molecule has 1 heterocycles. The number of rotatable bonds is 5. The van der Waals surface area contributed by atoms with Gasteiger partial charge < -0.3 is 5.32 Å². The zero-order valence-corrected chi connectivity index (χ0v) is 12.6. The third-order valence-electron chi connectivity index (χ3n) is 3.12. The van der Waals surface area contributed by atoms with Crippen LogP contribution in [0, 0.1) is 12.7 Å². The van der Waals surface area contributed by atoms with E-state index in [1.165, 1.54) is 10.4 Å². The summed E-state index contributed by atoms with van der Waals surface area (Å²) in [5, 5.41) is 5.68. The minimum Gasteiger partial charge on any atom is -0.309 e. The van der Waals surface area contributed by atoms with E-state index in [1.54, 1.807) is 29.5 Å². The van der Waals surface area contributed by atoms with E-state index in [0.29, 0.717) is 12.0 Å². The van der Waals surface area contributed by atoms with Crippen LogP contribution in [-0.4, -0.2) is 6.54 Å². The molecule has 1 aromatic carbocycles. The molecule has 0 amide bonds. The lowest BCUT2D eigenvalue weighted by Gasteiger charge is -2.18. The number of benzene rings is 1. The van der Waals surface area contributed by atoms with Crippen LogP contribution in [-0.2, 0) is 6.42 Å². The number of thiophene rings is 1. The van der Waals surface area contributed by atoms with Crippen molar-refractivity contribution in [3.8, 4) is 0 Å². The highest BCUT2D eigenvalue weighted by Gasteiger charge is 2.17. The minimum absolute atomic E-state index is 0.137. The number of aryl methyl sites for hydroxylation is 1. The first-order valence-electron chi connectivity index (χ1n) is 6.33. The van der Waals surface area contributed by atoms with Crippen LogP contribution in [0.3, 0.4) is 0 Å². The second-order valence-corrected chi connectivity index (χ2v) is 5.85. The van der Waals surface area contributed by atoms with Crippen molar-refractivity contribution in [1.82, 2.24) is 5.32 Å². The van der Waals surface area contributed by atoms with Crippen LogP contribution in [0.25, 0.3) is 0 Å². The van der Waals surface area contributed by atoms with Gasteiger partial charge in [-0.05, 0) is 48.5 Å². The number of halogens is 2. The van der Waals surface area contributed by atoms with Crippen LogP contribution >= 0.6 is 22.9 Å². The van der Waals surface area contributed by atoms with E-state index in [2.05, 4.69) is 30.6 Å². The fraction of sp³-hybridized carbons (Fsp3) is 0.333. The summed E-state index contributed by atoms with van der Waals surface area (Å²) in [5.74, 6) is -0.304. The van der Waals surface area contributed by atoms with Gasteiger partial charge in [0.15, 0.2) is 0 Å². The number of likely N-dealkylation sites (N-methyl/N-ethyl adjacent to an activating group) is 1. The molecule has 0 aliphatic rings. The molecule has 102 valence electrons. The Labute approximate surface area is 122 Å². The van der Waals surface area contributed by atoms with E-state index < -0.39 is 0 Å². The highest BCUT2D eigenvalue weighted by atomic mass is 35.5. The topological polar surface area (TPSA) is 12.0 Å². The molecular formula is C15H17ClFNS. The van der Waals surface area contributed by atoms with Crippen LogP contribution in [0.2, 0.25) is 5.02 Å². The monoisotopic (exact) mass is 297 g/mol. The zero-order valence-electron chi connectivity index (χ0n) is 11.0. The maximum atomic E-state index is 14.0. The summed E-state index contributed by atoms with van der Waals surface area (Å²) in [6, 6.07) is 7.41. The molecule has 0 aliphatic heterocycles. The SMILES string of the molecule is CCNC(Cc1cccc(Cl)c1F)c1sccc1C. The molecule has 1 unspecified atom stereocenters. The van der Waals surface area contributed by atoms with Gasteiger partial charge in [-0.25, -0.2) is 4.39 Å². The maximum absolute atomic E-state index is 14.0. The van der Waals surface area contributed by atoms with Crippen LogP contribution in [0.5, 0.6) is 0 Å². The molecule has 1 atom stereocenters. The molecule has 0 fully saturated rings. The molecule has 4 heteroatoms. The zero-order chi connectivity index (χ0) is 13.8. The Morgan fingerprint density at radius 3 is 2.79 bits per heavy atom. The lowest BCUT2D eigenvalue weighted by molar-refractivity contribution is 0.533. The Bertz CT molecular complexity index is 553. The van der Waals surface area contributed by atoms with E-state index in [1.807, 2.05) is 0 Å². The molecule has 0 spiro atoms. The van der Waals surface area contributed by atoms with Gasteiger partial charge >= 0.3 is 0 Å². The van der Waals surface area contributed by atoms with Gasteiger partial charge in [-0.2, -0.15) is 0 Å². The van der Waals surface area contributed by atoms with Crippen molar-refractivity contribution in [1.29, 1.82) is 0 Å². The van der Waals surface area contributed by atoms with E-state index in [4.69, 9.17) is 11.6 Å². The average molecular weight is 298 g/mol. The molecule has 1 N–H and O–H groups in total. The Kier molecular flexibility index (Phi) is 4.97. The van der Waals surface area contributed by atoms with Crippen LogP contribution in [0.4, 0.5) is 4.39 Å². The van der Waals surface area contributed by atoms with Crippen molar-refractivity contribution in [3.05, 3.63) is 56.5 Å². The molecule has 0 saturated heterocycles. The Morgan fingerprint density at radius 1 is 1.37 bits per heavy atom. The highest BCUT2D eigenvalue weighted by Crippen LogP contribution is 2.29. The normalized spacial score (nSPS) is 12.6. The average Bonchev–Trinajstić information content (AvgIpc) is 2.80. The lowest BCUT2D eigenvalue weighted by atomic mass is 10.0. The predicted molar refractivity (Wildman–Crippen MR) is 80.6 cm³/mol. The second-order valence-electron chi connectivity index (χ2n) is 4.50. The standard InChI is InChI=1S/C15H17ClFNS/c1-3-18-13(15-10(2)7-8-19-15)9-11-5-4-6-12(16)14(11)17/h4-8,13,18H,3,9H2,1-2H3. The molecule has 2 rings (SSSR count). The Balaban J connectivity index is 2.27. The minimum atomic E-state index is -0.304. The van der Waals surface area contributed by atoms with Gasteiger partial charge in [0.05, 0.1) is 5.02 Å². The van der Waals surface area contributed by atoms with E-state index in [-0.39, 0.29) is 16.9 Å². The fourth-order valence-corrected chi connectivity index (χ4v) is 3.37. The maximum Gasteiger partial charge on any atom is 0.145 e. The largest absolute Gasteiger partial charge is 0.309 e. The quantitative estimate of drug-likeness (QED) is 0.840. The molecule has 0 saturated carbocycles. The third kappa shape index (κ3) is 3.35. The van der Waals surface area contributed by atoms with Gasteiger partial charge in [-0.15, -0.1) is 11.3 Å². The van der Waals surface area contributed by atoms with E-state index in [9.17, 15) is 4.39 Å². The van der Waals surface area contributed by atoms with Crippen LogP contribution in [0.15, 0.2) is 29.6 Å². The molecule has 0 bridgehead atoms. The molecule has 19 heavy (non-hydrogen) atoms. The molecule has 0 radical (unpaired) electrons. The Hall–Kier alpha value is -0.900. The van der Waals surface area contributed by atoms with Gasteiger partial charge in [-0.3, -0.25) is 0 Å². The molecular weight excluding hydrogens is 281 g/mol. The van der Waals surface area contributed by atoms with Crippen molar-refractivity contribution in [2.75, 3.05) is 6.54 Å². The summed E-state index contributed by atoms with van der Waals surface area (Å²) < 4.78 is 14.0. The third-order valence-corrected chi connectivity index (χ3v) is 4.55. The van der Waals surface area contributed by atoms with E-state index in [0.717, 1.165) is 6.54 Å². The van der Waals surface area contributed by atoms with Crippen molar-refractivity contribution in [2.24, 2.45) is 0 Å². The molecule has 1 nitrogen and oxygen atoms in total. The fourth-order valence-electron chi connectivity index (χ4n) is 2.17. The lowest BCUT2D eigenvalue weighted by Crippen LogP contribution is -2.23. The number of nitrogens with one attached hydrogen (secondary N) is 1. The summed E-state index contributed by atoms with van der Waals surface area (Å²) in [4.78, 5) is 1.27. The van der Waals surface area contributed by atoms with Gasteiger partial charge in [0.1, 0.15) is 5.82 Å². The summed E-state index contributed by atoms with van der Waals surface area (Å²) in [5.41, 5.74) is 1.91. The summed E-state index contributed by atoms with van der Waals surface area (Å²) >= 11 is 7.55. The first-order valence-corrected chi connectivity index (χ1v) is 7.59. The highest BCUT2D eigenvalue weighted by molar-refractivity contribution is 7.10. The van der Waals surface area contributed by atoms with Gasteiger partial charge in [0.25, 0.3) is 0 Å². The van der Waals surface area contributed by atoms with E-state index >= 15 is 0 Å². The van der Waals surface area contributed by atoms with Gasteiger partial charge in [0, 0.05) is 10.9 Å². The predicted octanol–water partition coefficient (Wildman–Crippen LogP) is 4.74. The van der Waals surface area contributed by atoms with Crippen molar-refractivity contribution in [3.63, 3.8) is 0 Å². The van der Waals surface area contributed by atoms with Gasteiger partial charge in [0.2, 0.25) is 0 Å². The molecule has 0 aliphatic carbocycles. The second kappa shape index (κ2) is 6.51. The Morgan fingerprint density at radius 2 is 2.16 bits per heavy atom. The smallest absolute Gasteiger partial charge is 0.145 e. The molecule has 1 aromatic heterocycles. The van der Waals surface area contributed by atoms with Crippen molar-refractivity contribution in [2.45, 2.75) is 26.3 Å². The number of hydrogen-bond donors (Lipinski definition) is 1. The van der Waals surface area contributed by atoms with Crippen molar-refractivity contribution < 1.29 is 4.39 Å². The van der Waals surface area contributed by atoms with Crippen LogP contribution < -0.4 is 5.32 Å². The summed E-state index contributed by atoms with van der Waals surface area (Å²) in [6.45, 7) is 5.00. The molecule has 2 aromatic rings. The summed E-state index contributed by atoms with van der Waals surface area (Å²) in [6.07, 6.45) is 0.613. The first kappa shape index (κ1) is 14.5.